The number of amides is 1. The summed E-state index contributed by atoms with van der Waals surface area (Å²) in [4.78, 5) is 11.1. The van der Waals surface area contributed by atoms with Crippen molar-refractivity contribution >= 4 is 86.0 Å². The number of carbonyl (C=O) groups is 1. The Bertz CT molecular complexity index is 675. The number of rotatable bonds is 4. The van der Waals surface area contributed by atoms with E-state index >= 15 is 0 Å². The van der Waals surface area contributed by atoms with E-state index in [1.54, 1.807) is 20.8 Å². The summed E-state index contributed by atoms with van der Waals surface area (Å²) in [6.07, 6.45) is 4.05. The molecule has 2 saturated carbocycles. The Morgan fingerprint density at radius 1 is 1.21 bits per heavy atom. The number of primary sulfonamides is 1. The van der Waals surface area contributed by atoms with Gasteiger partial charge in [0.15, 0.2) is 0 Å². The van der Waals surface area contributed by atoms with E-state index in [1.807, 2.05) is 27.3 Å². The third kappa shape index (κ3) is 18.1. The van der Waals surface area contributed by atoms with Crippen LogP contribution in [0.5, 0.6) is 0 Å². The summed E-state index contributed by atoms with van der Waals surface area (Å²) in [6.45, 7) is 10.8. The number of nitrogens with one attached hydrogen (secondary N) is 1. The van der Waals surface area contributed by atoms with Crippen molar-refractivity contribution in [2.75, 3.05) is 0 Å². The summed E-state index contributed by atoms with van der Waals surface area (Å²) in [5.41, 5.74) is -0.677. The van der Waals surface area contributed by atoms with Crippen molar-refractivity contribution in [1.82, 2.24) is 4.72 Å². The van der Waals surface area contributed by atoms with E-state index in [0.717, 1.165) is 6.42 Å². The van der Waals surface area contributed by atoms with E-state index in [0.29, 0.717) is 25.7 Å². The number of carbonyl (C=O) groups excluding carboxylic acids is 1. The van der Waals surface area contributed by atoms with Crippen LogP contribution >= 0.6 is 59.8 Å². The Balaban J connectivity index is -0.000000383. The second-order valence-electron chi connectivity index (χ2n) is 7.13. The molecule has 0 spiro atoms. The topological polar surface area (TPSA) is 133 Å². The first-order valence-electron chi connectivity index (χ1n) is 8.47. The minimum absolute atomic E-state index is 0. The zero-order chi connectivity index (χ0) is 22.8. The van der Waals surface area contributed by atoms with Gasteiger partial charge in [0.25, 0.3) is 0 Å². The van der Waals surface area contributed by atoms with E-state index in [9.17, 15) is 21.6 Å². The fourth-order valence-electron chi connectivity index (χ4n) is 1.26. The third-order valence-electron chi connectivity index (χ3n) is 3.09. The van der Waals surface area contributed by atoms with Gasteiger partial charge in [0.1, 0.15) is 8.35 Å². The van der Waals surface area contributed by atoms with Crippen LogP contribution in [0.25, 0.3) is 0 Å². The predicted molar refractivity (Wildman–Crippen MR) is 139 cm³/mol. The maximum absolute atomic E-state index is 11.3. The summed E-state index contributed by atoms with van der Waals surface area (Å²) in [5.74, 6) is 0. The van der Waals surface area contributed by atoms with Gasteiger partial charge < -0.3 is 11.7 Å². The van der Waals surface area contributed by atoms with Crippen molar-refractivity contribution in [2.45, 2.75) is 79.8 Å². The number of hydrogen-bond acceptors (Lipinski definition) is 6. The maximum atomic E-state index is 11.3. The second-order valence-corrected chi connectivity index (χ2v) is 13.8. The first-order valence-corrected chi connectivity index (χ1v) is 18.9. The van der Waals surface area contributed by atoms with E-state index in [1.165, 1.54) is 6.42 Å². The molecule has 0 aromatic heterocycles. The van der Waals surface area contributed by atoms with E-state index in [-0.39, 0.29) is 18.9 Å². The molecule has 0 heterocycles. The Morgan fingerprint density at radius 2 is 1.59 bits per heavy atom. The normalized spacial score (nSPS) is 16.7. The van der Waals surface area contributed by atoms with Crippen molar-refractivity contribution in [3.05, 3.63) is 6.92 Å². The molecule has 3 N–H and O–H groups in total. The van der Waals surface area contributed by atoms with E-state index in [2.05, 4.69) is 51.1 Å². The number of hydrogen-bond donors (Lipinski definition) is 2. The number of nitrogens with two attached hydrogens (primary N) is 1. The molecule has 2 fully saturated rings. The molecule has 0 atom stereocenters. The fourth-order valence-corrected chi connectivity index (χ4v) is 3.40. The van der Waals surface area contributed by atoms with Crippen LogP contribution in [0, 0.1) is 6.92 Å². The Morgan fingerprint density at radius 3 is 1.76 bits per heavy atom. The third-order valence-corrected chi connectivity index (χ3v) is 9.24. The van der Waals surface area contributed by atoms with Crippen molar-refractivity contribution in [3.8, 4) is 0 Å². The van der Waals surface area contributed by atoms with Gasteiger partial charge in [-0.3, -0.25) is 0 Å². The van der Waals surface area contributed by atoms with Gasteiger partial charge in [-0.15, -0.1) is 0 Å². The first-order chi connectivity index (χ1) is 12.6. The van der Waals surface area contributed by atoms with Gasteiger partial charge in [0.05, 0.1) is 5.25 Å². The number of sulfonamides is 2. The number of halogens is 3. The first kappa shape index (κ1) is 35.5. The van der Waals surface area contributed by atoms with Crippen molar-refractivity contribution in [1.29, 1.82) is 0 Å². The van der Waals surface area contributed by atoms with Crippen LogP contribution in [0.4, 0.5) is 4.79 Å². The molecule has 14 heteroatoms. The van der Waals surface area contributed by atoms with Crippen LogP contribution in [0.1, 0.15) is 66.2 Å². The molecular weight excluding hydrogens is 756 g/mol. The van der Waals surface area contributed by atoms with Crippen LogP contribution in [0.2, 0.25) is 0 Å². The molecule has 0 unspecified atom stereocenters. The van der Waals surface area contributed by atoms with Crippen LogP contribution in [-0.4, -0.2) is 36.5 Å². The second kappa shape index (κ2) is 15.7. The van der Waals surface area contributed by atoms with Gasteiger partial charge in [0.2, 0.25) is 20.0 Å². The van der Waals surface area contributed by atoms with Crippen LogP contribution in [0.15, 0.2) is 0 Å². The molecule has 2 aliphatic carbocycles. The average molecular weight is 786 g/mol. The fraction of sp³-hybridized carbons (Fsp3) is 0.867. The molecule has 29 heavy (non-hydrogen) atoms. The molecule has 170 valence electrons. The Hall–Kier alpha value is 1.92. The van der Waals surface area contributed by atoms with Gasteiger partial charge in [-0.05, 0) is 46.5 Å². The van der Waals surface area contributed by atoms with Gasteiger partial charge >= 0.3 is 25.0 Å². The van der Waals surface area contributed by atoms with Crippen LogP contribution in [-0.2, 0) is 24.8 Å². The SMILES string of the molecule is CC(C)(C)OC(=O)NS(=O)(=O)C1CC1.II.NS(=O)(=O)C1(I)CC1.[CH2-]CCC.[Li+]. The quantitative estimate of drug-likeness (QED) is 0.193. The molecule has 1 amide bonds. The molecule has 0 aliphatic heterocycles. The van der Waals surface area contributed by atoms with Gasteiger partial charge in [0, 0.05) is 37.2 Å². The van der Waals surface area contributed by atoms with Gasteiger partial charge in [-0.1, -0.05) is 35.9 Å². The molecule has 0 bridgehead atoms. The van der Waals surface area contributed by atoms with Crippen molar-refractivity contribution < 1.29 is 45.2 Å². The standard InChI is InChI=1S/C8H15NO4S.C4H9.C3H6INO2S.I2.Li/c1-8(2,3)13-7(10)9-14(11,12)6-4-5-6;1-3-4-2;4-3(1-2-3)8(5,6)7;1-2;/h6H,4-5H2,1-3H3,(H,9,10);1,3-4H2,2H3;1-2H2,(H2,5,6,7);;/q;-1;;;+1. The summed E-state index contributed by atoms with van der Waals surface area (Å²) in [5, 5.41) is 4.43. The predicted octanol–water partition coefficient (Wildman–Crippen LogP) is 1.60. The monoisotopic (exact) mass is 786 g/mol. The maximum Gasteiger partial charge on any atom is 1.00 e. The van der Waals surface area contributed by atoms with Gasteiger partial charge in [-0.2, -0.15) is 6.42 Å². The van der Waals surface area contributed by atoms with Crippen LogP contribution in [0.3, 0.4) is 0 Å². The van der Waals surface area contributed by atoms with E-state index in [4.69, 9.17) is 9.88 Å². The molecule has 0 aromatic carbocycles. The summed E-state index contributed by atoms with van der Waals surface area (Å²) in [7, 11) is -6.73. The van der Waals surface area contributed by atoms with Crippen molar-refractivity contribution in [3.63, 3.8) is 0 Å². The van der Waals surface area contributed by atoms with Crippen molar-refractivity contribution in [2.24, 2.45) is 5.14 Å². The molecule has 8 nitrogen and oxygen atoms in total. The van der Waals surface area contributed by atoms with Gasteiger partial charge in [-0.25, -0.2) is 31.5 Å². The molecule has 0 saturated heterocycles. The summed E-state index contributed by atoms with van der Waals surface area (Å²) < 4.78 is 49.6. The minimum atomic E-state index is -3.48. The summed E-state index contributed by atoms with van der Waals surface area (Å²) >= 11 is 6.12. The number of ether oxygens (including phenoxy) is 1. The average Bonchev–Trinajstić information content (AvgIpc) is 3.41. The zero-order valence-electron chi connectivity index (χ0n) is 17.5. The number of alkyl halides is 1. The number of unbranched alkanes of at least 4 members (excludes halogenated alkanes) is 1. The Kier molecular flexibility index (Phi) is 19.2. The molecule has 0 radical (unpaired) electrons. The largest absolute Gasteiger partial charge is 1.00 e. The van der Waals surface area contributed by atoms with E-state index < -0.39 is 39.7 Å². The zero-order valence-corrected chi connectivity index (χ0v) is 25.6. The molecule has 0 aromatic rings. The van der Waals surface area contributed by atoms with Crippen LogP contribution < -0.4 is 28.7 Å². The minimum Gasteiger partial charge on any atom is -0.443 e. The summed E-state index contributed by atoms with van der Waals surface area (Å²) in [6, 6.07) is 0. The molecular formula is C15H30I3LiN2O6S2. The smallest absolute Gasteiger partial charge is 0.443 e. The molecule has 2 rings (SSSR count). The Labute approximate surface area is 225 Å². The molecule has 2 aliphatic rings.